The Labute approximate surface area is 587 Å². The minimum absolute atomic E-state index is 0.00881. The zero-order valence-corrected chi connectivity index (χ0v) is 62.3. The molecule has 5 aliphatic rings. The molecule has 0 spiro atoms. The minimum atomic E-state index is -1.16. The van der Waals surface area contributed by atoms with Crippen molar-refractivity contribution < 1.29 is 97.8 Å². The van der Waals surface area contributed by atoms with Crippen LogP contribution in [0.25, 0.3) is 0 Å². The lowest BCUT2D eigenvalue weighted by Crippen LogP contribution is -2.45. The van der Waals surface area contributed by atoms with Gasteiger partial charge in [0.15, 0.2) is 0 Å². The van der Waals surface area contributed by atoms with Gasteiger partial charge in [0.1, 0.15) is 12.2 Å². The molecule has 0 radical (unpaired) electrons. The second kappa shape index (κ2) is 43.1. The van der Waals surface area contributed by atoms with E-state index in [9.17, 15) is 50.4 Å². The van der Waals surface area contributed by atoms with Crippen LogP contribution in [0, 0.1) is 47.3 Å². The molecule has 2 saturated heterocycles. The summed E-state index contributed by atoms with van der Waals surface area (Å²) >= 11 is 0. The highest BCUT2D eigenvalue weighted by molar-refractivity contribution is 5.83. The maximum atomic E-state index is 13.9. The number of aliphatic hydroxyl groups is 8. The fraction of sp³-hybridized carbons (Fsp3) is 0.821. The Balaban J connectivity index is 1.36. The van der Waals surface area contributed by atoms with E-state index in [4.69, 9.17) is 47.4 Å². The van der Waals surface area contributed by atoms with Crippen LogP contribution in [0.3, 0.4) is 0 Å². The predicted molar refractivity (Wildman–Crippen MR) is 377 cm³/mol. The second-order valence-electron chi connectivity index (χ2n) is 30.3. The molecule has 564 valence electrons. The van der Waals surface area contributed by atoms with E-state index in [2.05, 4.69) is 0 Å². The third kappa shape index (κ3) is 28.1. The van der Waals surface area contributed by atoms with E-state index in [0.29, 0.717) is 56.1 Å². The molecule has 0 aromatic carbocycles. The molecule has 5 aliphatic heterocycles. The van der Waals surface area contributed by atoms with Gasteiger partial charge >= 0.3 is 11.9 Å². The monoisotopic (exact) mass is 1390 g/mol. The topological polar surface area (TPSA) is 288 Å². The maximum Gasteiger partial charge on any atom is 0.331 e. The van der Waals surface area contributed by atoms with Gasteiger partial charge in [-0.15, -0.1) is 0 Å². The molecule has 5 heterocycles. The molecular formula is C78H132O20. The average molecular weight is 1390 g/mol. The zero-order valence-electron chi connectivity index (χ0n) is 62.3. The molecule has 30 atom stereocenters. The molecule has 98 heavy (non-hydrogen) atoms. The van der Waals surface area contributed by atoms with Gasteiger partial charge in [-0.25, -0.2) is 9.59 Å². The van der Waals surface area contributed by atoms with Crippen LogP contribution in [-0.4, -0.2) is 216 Å². The van der Waals surface area contributed by atoms with Crippen molar-refractivity contribution in [2.45, 2.75) is 333 Å². The van der Waals surface area contributed by atoms with Gasteiger partial charge in [0.25, 0.3) is 0 Å². The number of cyclic esters (lactones) is 2. The van der Waals surface area contributed by atoms with Gasteiger partial charge in [-0.05, 0) is 123 Å². The fourth-order valence-corrected chi connectivity index (χ4v) is 15.3. The summed E-state index contributed by atoms with van der Waals surface area (Å²) in [6.07, 6.45) is 14.1. The van der Waals surface area contributed by atoms with Gasteiger partial charge in [-0.2, -0.15) is 0 Å². The summed E-state index contributed by atoms with van der Waals surface area (Å²) in [7, 11) is 6.59. The first-order valence-electron chi connectivity index (χ1n) is 37.1. The highest BCUT2D eigenvalue weighted by atomic mass is 16.6. The predicted octanol–water partition coefficient (Wildman–Crippen LogP) is 10.1. The molecule has 20 nitrogen and oxygen atoms in total. The molecule has 2 fully saturated rings. The molecule has 0 aromatic rings. The number of methoxy groups -OCH3 is 4. The largest absolute Gasteiger partial charge is 0.459 e. The third-order valence-electron chi connectivity index (χ3n) is 22.3. The Kier molecular flexibility index (Phi) is 37.6. The van der Waals surface area contributed by atoms with Crippen LogP contribution in [0.1, 0.15) is 199 Å². The van der Waals surface area contributed by atoms with E-state index in [-0.39, 0.29) is 99.2 Å². The molecular weight excluding hydrogens is 1260 g/mol. The first kappa shape index (κ1) is 85.4. The SMILES string of the molecule is CO[C@H]1C[C@H](CC[C@H](C)[C@H](O)[C@H](C)[C@@H](O)[C@@H](C)[C@H]2C[C@H](O)[C@H](C)[C@@H](OC)C[C@@H]3CC=C[C@@H](C[C@@H](O)C/C=C(C)/C=C/C(=O)O[C@H]([C@@H](C)[C@@H](O)[C@@H](C)CC[C@H]4C[C@H](OC)C[C@H](C)O4)[C@@H](C)[C@H](O)C[C@H](O)[C@H](C)[C@@H](OC)C[C@@H]4CC=C[C@@H](C[C@@H](O)C/C=C(C)/C=C/C(=O)O2)O4)O3)O[C@@H](C)C1. The van der Waals surface area contributed by atoms with Crippen molar-refractivity contribution in [1.82, 2.24) is 0 Å². The summed E-state index contributed by atoms with van der Waals surface area (Å²) in [5.74, 6) is -5.50. The Morgan fingerprint density at radius 1 is 0.469 bits per heavy atom. The summed E-state index contributed by atoms with van der Waals surface area (Å²) in [5, 5.41) is 94.5. The maximum absolute atomic E-state index is 13.9. The van der Waals surface area contributed by atoms with E-state index < -0.39 is 133 Å². The Morgan fingerprint density at radius 2 is 0.898 bits per heavy atom. The highest BCUT2D eigenvalue weighted by Crippen LogP contribution is 2.37. The van der Waals surface area contributed by atoms with Crippen molar-refractivity contribution in [3.8, 4) is 0 Å². The van der Waals surface area contributed by atoms with Gasteiger partial charge in [0.05, 0.1) is 122 Å². The molecule has 5 rings (SSSR count). The minimum Gasteiger partial charge on any atom is -0.459 e. The van der Waals surface area contributed by atoms with Crippen LogP contribution in [0.2, 0.25) is 0 Å². The Hall–Kier alpha value is -3.26. The number of hydrogen-bond donors (Lipinski definition) is 8. The van der Waals surface area contributed by atoms with Crippen LogP contribution in [0.15, 0.2) is 71.9 Å². The van der Waals surface area contributed by atoms with E-state index in [1.807, 2.05) is 98.8 Å². The zero-order chi connectivity index (χ0) is 72.5. The van der Waals surface area contributed by atoms with Crippen molar-refractivity contribution in [3.63, 3.8) is 0 Å². The van der Waals surface area contributed by atoms with Gasteiger partial charge in [-0.3, -0.25) is 0 Å². The molecule has 0 amide bonds. The molecule has 8 N–H and O–H groups in total. The van der Waals surface area contributed by atoms with Crippen LogP contribution in [0.4, 0.5) is 0 Å². The molecule has 0 aliphatic carbocycles. The number of aliphatic hydroxyl groups excluding tert-OH is 8. The first-order valence-corrected chi connectivity index (χ1v) is 37.1. The van der Waals surface area contributed by atoms with Gasteiger partial charge < -0.3 is 88.2 Å². The Morgan fingerprint density at radius 3 is 1.35 bits per heavy atom. The number of rotatable bonds is 18. The van der Waals surface area contributed by atoms with Crippen molar-refractivity contribution in [2.24, 2.45) is 47.3 Å². The van der Waals surface area contributed by atoms with Gasteiger partial charge in [0.2, 0.25) is 0 Å². The lowest BCUT2D eigenvalue weighted by Gasteiger charge is -2.38. The molecule has 0 unspecified atom stereocenters. The second-order valence-corrected chi connectivity index (χ2v) is 30.3. The molecule has 4 bridgehead atoms. The van der Waals surface area contributed by atoms with E-state index in [0.717, 1.165) is 32.1 Å². The van der Waals surface area contributed by atoms with Gasteiger partial charge in [-0.1, -0.05) is 115 Å². The lowest BCUT2D eigenvalue weighted by atomic mass is 9.78. The summed E-state index contributed by atoms with van der Waals surface area (Å²) in [6.45, 7) is 22.5. The number of carbonyl (C=O) groups is 2. The molecule has 0 aromatic heterocycles. The third-order valence-corrected chi connectivity index (χ3v) is 22.3. The number of carbonyl (C=O) groups excluding carboxylic acids is 2. The number of hydrogen-bond acceptors (Lipinski definition) is 20. The normalized spacial score (nSPS) is 40.0. The van der Waals surface area contributed by atoms with Crippen LogP contribution < -0.4 is 0 Å². The number of allylic oxidation sites excluding steroid dienone is 4. The van der Waals surface area contributed by atoms with E-state index in [1.54, 1.807) is 61.4 Å². The molecule has 0 saturated carbocycles. The standard InChI is InChI=1S/C78H132O20/c1-45-23-29-57(79)37-59-19-17-21-61(95-59)41-70(91-15)51(7)67(81)43-68(82)53(9)78(56(12)76(87)48(4)28-32-64-40-66(90-14)36-50(6)94-64)98-74(85)34-26-46(2)24-30-58(80)38-60-20-18-22-62(96-60)42-71(92-16)52(8)69(83)44-72(97-73(84)33-25-45)54(10)77(88)55(11)75(86)47(3)27-31-63-39-65(89-13)35-49(5)93-63/h17-20,23-26,33-34,47-72,75-83,86-88H,21-22,27-32,35-44H2,1-16H3/b33-25+,34-26+,45-23+,46-24+/t47-,48-,49-,50-,51-,52-,53-,54-,55-,56-,57-,58-,59-,60-,61-,62-,63-,64-,65+,66+,67-,68+,69-,70-,71-,72+,75-,76-,77-,78-/m0/s1. The van der Waals surface area contributed by atoms with Crippen molar-refractivity contribution >= 4 is 11.9 Å². The Bertz CT molecular complexity index is 2480. The average Bonchev–Trinajstić information content (AvgIpc) is 0.854. The summed E-state index contributed by atoms with van der Waals surface area (Å²) < 4.78 is 61.3. The summed E-state index contributed by atoms with van der Waals surface area (Å²) in [5.41, 5.74) is 1.38. The van der Waals surface area contributed by atoms with E-state index >= 15 is 0 Å². The van der Waals surface area contributed by atoms with Crippen molar-refractivity contribution in [1.29, 1.82) is 0 Å². The van der Waals surface area contributed by atoms with Crippen molar-refractivity contribution in [2.75, 3.05) is 28.4 Å². The summed E-state index contributed by atoms with van der Waals surface area (Å²) in [4.78, 5) is 27.8. The van der Waals surface area contributed by atoms with Crippen LogP contribution >= 0.6 is 0 Å². The fourth-order valence-electron chi connectivity index (χ4n) is 15.3. The smallest absolute Gasteiger partial charge is 0.331 e. The number of fused-ring (bicyclic) bond motifs is 4. The number of esters is 2. The van der Waals surface area contributed by atoms with E-state index in [1.165, 1.54) is 12.2 Å². The van der Waals surface area contributed by atoms with Crippen LogP contribution in [0.5, 0.6) is 0 Å². The highest BCUT2D eigenvalue weighted by Gasteiger charge is 2.42. The lowest BCUT2D eigenvalue weighted by molar-refractivity contribution is -0.158. The van der Waals surface area contributed by atoms with Crippen LogP contribution in [-0.2, 0) is 57.0 Å². The van der Waals surface area contributed by atoms with Gasteiger partial charge in [0, 0.05) is 108 Å². The molecule has 20 heteroatoms. The summed E-state index contributed by atoms with van der Waals surface area (Å²) in [6, 6.07) is 0. The number of ether oxygens (including phenoxy) is 10. The van der Waals surface area contributed by atoms with Crippen molar-refractivity contribution in [3.05, 3.63) is 71.9 Å². The quantitative estimate of drug-likeness (QED) is 0.0468. The first-order chi connectivity index (χ1) is 46.4.